The topological polar surface area (TPSA) is 86.8 Å². The zero-order valence-corrected chi connectivity index (χ0v) is 24.1. The Bertz CT molecular complexity index is 1010. The highest BCUT2D eigenvalue weighted by atomic mass is 79.9. The predicted octanol–water partition coefficient (Wildman–Crippen LogP) is 5.45. The van der Waals surface area contributed by atoms with Crippen LogP contribution in [-0.4, -0.2) is 57.9 Å². The number of fused-ring (bicyclic) bond motifs is 1. The van der Waals surface area contributed by atoms with E-state index in [9.17, 15) is 19.2 Å². The van der Waals surface area contributed by atoms with Crippen LogP contribution in [-0.2, 0) is 20.9 Å². The Morgan fingerprint density at radius 2 is 1.55 bits per heavy atom. The molecule has 2 fully saturated rings. The van der Waals surface area contributed by atoms with Crippen LogP contribution in [0.3, 0.4) is 0 Å². The highest BCUT2D eigenvalue weighted by Crippen LogP contribution is 2.33. The fourth-order valence-corrected chi connectivity index (χ4v) is 6.47. The van der Waals surface area contributed by atoms with E-state index in [4.69, 9.17) is 0 Å². The van der Waals surface area contributed by atoms with E-state index in [1.807, 2.05) is 17.0 Å². The van der Waals surface area contributed by atoms with Crippen LogP contribution in [0.1, 0.15) is 117 Å². The summed E-state index contributed by atoms with van der Waals surface area (Å²) in [6.45, 7) is 1.98. The summed E-state index contributed by atoms with van der Waals surface area (Å²) in [4.78, 5) is 53.1. The summed E-state index contributed by atoms with van der Waals surface area (Å²) in [7, 11) is 0. The lowest BCUT2D eigenvalue weighted by atomic mass is 9.87. The molecule has 1 atom stereocenters. The van der Waals surface area contributed by atoms with E-state index in [-0.39, 0.29) is 30.0 Å². The van der Waals surface area contributed by atoms with Crippen molar-refractivity contribution in [1.29, 1.82) is 0 Å². The first kappa shape index (κ1) is 28.8. The number of nitrogens with one attached hydrogen (secondary N) is 1. The van der Waals surface area contributed by atoms with Gasteiger partial charge in [-0.05, 0) is 55.2 Å². The summed E-state index contributed by atoms with van der Waals surface area (Å²) in [5, 5.41) is 3.47. The molecule has 4 amide bonds. The lowest BCUT2D eigenvalue weighted by molar-refractivity contribution is -0.137. The Kier molecular flexibility index (Phi) is 10.8. The maximum atomic E-state index is 13.0. The molecule has 38 heavy (non-hydrogen) atoms. The Hall–Kier alpha value is -2.22. The van der Waals surface area contributed by atoms with Gasteiger partial charge in [-0.2, -0.15) is 0 Å². The number of nitrogens with zero attached hydrogens (tertiary/aromatic N) is 2. The number of alkyl halides is 1. The number of carbonyl (C=O) groups excluding carboxylic acids is 4. The Labute approximate surface area is 235 Å². The number of amides is 4. The second kappa shape index (κ2) is 14.2. The summed E-state index contributed by atoms with van der Waals surface area (Å²) in [5.41, 5.74) is 2.82. The van der Waals surface area contributed by atoms with Gasteiger partial charge in [0.15, 0.2) is 0 Å². The van der Waals surface area contributed by atoms with Gasteiger partial charge in [0.1, 0.15) is 6.04 Å². The van der Waals surface area contributed by atoms with Crippen LogP contribution < -0.4 is 5.32 Å². The second-order valence-corrected chi connectivity index (χ2v) is 11.9. The third-order valence-electron chi connectivity index (χ3n) is 8.39. The van der Waals surface area contributed by atoms with Gasteiger partial charge in [-0.3, -0.25) is 24.5 Å². The molecular weight excluding hydrogens is 546 g/mol. The smallest absolute Gasteiger partial charge is 0.255 e. The maximum Gasteiger partial charge on any atom is 0.255 e. The van der Waals surface area contributed by atoms with E-state index in [2.05, 4.69) is 27.3 Å². The van der Waals surface area contributed by atoms with Crippen molar-refractivity contribution >= 4 is 39.6 Å². The van der Waals surface area contributed by atoms with E-state index in [1.54, 1.807) is 4.90 Å². The first-order valence-electron chi connectivity index (χ1n) is 14.6. The van der Waals surface area contributed by atoms with E-state index < -0.39 is 6.04 Å². The average molecular weight is 589 g/mol. The van der Waals surface area contributed by atoms with Crippen LogP contribution in [0.4, 0.5) is 0 Å². The molecule has 0 radical (unpaired) electrons. The van der Waals surface area contributed by atoms with E-state index in [0.29, 0.717) is 30.9 Å². The molecule has 4 rings (SSSR count). The lowest BCUT2D eigenvalue weighted by Crippen LogP contribution is -2.52. The van der Waals surface area contributed by atoms with Crippen molar-refractivity contribution in [3.63, 3.8) is 0 Å². The number of imide groups is 1. The predicted molar refractivity (Wildman–Crippen MR) is 151 cm³/mol. The van der Waals surface area contributed by atoms with Crippen molar-refractivity contribution in [3.05, 3.63) is 34.9 Å². The molecule has 3 aliphatic heterocycles. The molecule has 3 aliphatic rings. The van der Waals surface area contributed by atoms with Crippen molar-refractivity contribution in [2.45, 2.75) is 108 Å². The molecule has 2 saturated heterocycles. The quantitative estimate of drug-likeness (QED) is 0.189. The molecule has 7 nitrogen and oxygen atoms in total. The SMILES string of the molecule is O=C1CCC(N2Cc3cc(C4CCN(C(=O)CCCCCCCCCCCBr)CC4)ccc3C2=O)C(=O)N1. The van der Waals surface area contributed by atoms with Gasteiger partial charge >= 0.3 is 0 Å². The number of hydrogen-bond acceptors (Lipinski definition) is 4. The standard InChI is InChI=1S/C30H42BrN3O4/c31-17-9-7-5-3-1-2-4-6-8-10-28(36)33-18-15-22(16-19-33)23-11-12-25-24(20-23)21-34(30(25)38)26-13-14-27(35)32-29(26)37/h11-12,20,22,26H,1-10,13-19,21H2,(H,32,35,37). The van der Waals surface area contributed by atoms with Gasteiger partial charge in [0.05, 0.1) is 0 Å². The minimum atomic E-state index is -0.584. The molecule has 0 spiro atoms. The Morgan fingerprint density at radius 1 is 0.895 bits per heavy atom. The average Bonchev–Trinajstić information content (AvgIpc) is 3.25. The van der Waals surface area contributed by atoms with Gasteiger partial charge in [0.2, 0.25) is 17.7 Å². The first-order chi connectivity index (χ1) is 18.5. The number of likely N-dealkylation sites (tertiary alicyclic amines) is 1. The summed E-state index contributed by atoms with van der Waals surface area (Å²) in [6.07, 6.45) is 14.4. The molecule has 0 aliphatic carbocycles. The molecule has 8 heteroatoms. The first-order valence-corrected chi connectivity index (χ1v) is 15.7. The summed E-state index contributed by atoms with van der Waals surface area (Å²) in [5.74, 6) is -0.121. The van der Waals surface area contributed by atoms with Crippen LogP contribution in [0, 0.1) is 0 Å². The zero-order valence-electron chi connectivity index (χ0n) is 22.5. The summed E-state index contributed by atoms with van der Waals surface area (Å²) in [6, 6.07) is 5.45. The van der Waals surface area contributed by atoms with Crippen molar-refractivity contribution < 1.29 is 19.2 Å². The molecule has 1 aromatic carbocycles. The molecule has 0 bridgehead atoms. The molecule has 1 aromatic rings. The van der Waals surface area contributed by atoms with Crippen molar-refractivity contribution in [2.75, 3.05) is 18.4 Å². The summed E-state index contributed by atoms with van der Waals surface area (Å²) >= 11 is 3.48. The lowest BCUT2D eigenvalue weighted by Gasteiger charge is -2.32. The van der Waals surface area contributed by atoms with Gasteiger partial charge in [0, 0.05) is 43.4 Å². The Morgan fingerprint density at radius 3 is 2.21 bits per heavy atom. The highest BCUT2D eigenvalue weighted by molar-refractivity contribution is 9.09. The van der Waals surface area contributed by atoms with Gasteiger partial charge in [-0.25, -0.2) is 0 Å². The number of halogens is 1. The van der Waals surface area contributed by atoms with Crippen LogP contribution in [0.15, 0.2) is 18.2 Å². The van der Waals surface area contributed by atoms with Crippen LogP contribution in [0.5, 0.6) is 0 Å². The number of benzene rings is 1. The van der Waals surface area contributed by atoms with E-state index in [0.717, 1.165) is 49.7 Å². The van der Waals surface area contributed by atoms with E-state index >= 15 is 0 Å². The largest absolute Gasteiger partial charge is 0.343 e. The second-order valence-electron chi connectivity index (χ2n) is 11.1. The maximum absolute atomic E-state index is 13.0. The molecule has 1 unspecified atom stereocenters. The third kappa shape index (κ3) is 7.45. The van der Waals surface area contributed by atoms with Gasteiger partial charge in [-0.1, -0.05) is 73.0 Å². The van der Waals surface area contributed by atoms with Crippen molar-refractivity contribution in [3.8, 4) is 0 Å². The number of carbonyl (C=O) groups is 4. The van der Waals surface area contributed by atoms with Crippen molar-refractivity contribution in [2.24, 2.45) is 0 Å². The normalized spacial score (nSPS) is 20.1. The van der Waals surface area contributed by atoms with Gasteiger partial charge in [0.25, 0.3) is 5.91 Å². The number of rotatable bonds is 13. The van der Waals surface area contributed by atoms with Gasteiger partial charge in [-0.15, -0.1) is 0 Å². The van der Waals surface area contributed by atoms with Crippen LogP contribution >= 0.6 is 15.9 Å². The Balaban J connectivity index is 1.17. The fourth-order valence-electron chi connectivity index (χ4n) is 6.08. The number of hydrogen-bond donors (Lipinski definition) is 1. The molecule has 0 aromatic heterocycles. The molecule has 208 valence electrons. The fraction of sp³-hybridized carbons (Fsp3) is 0.667. The monoisotopic (exact) mass is 587 g/mol. The minimum Gasteiger partial charge on any atom is -0.343 e. The van der Waals surface area contributed by atoms with Gasteiger partial charge < -0.3 is 9.80 Å². The van der Waals surface area contributed by atoms with Crippen molar-refractivity contribution in [1.82, 2.24) is 15.1 Å². The summed E-state index contributed by atoms with van der Waals surface area (Å²) < 4.78 is 0. The van der Waals surface area contributed by atoms with E-state index in [1.165, 1.54) is 50.5 Å². The molecular formula is C30H42BrN3O4. The molecule has 1 N–H and O–H groups in total. The highest BCUT2D eigenvalue weighted by Gasteiger charge is 2.39. The van der Waals surface area contributed by atoms with Crippen LogP contribution in [0.2, 0.25) is 0 Å². The molecule has 3 heterocycles. The third-order valence-corrected chi connectivity index (χ3v) is 8.95. The number of piperidine rings is 2. The molecule has 0 saturated carbocycles. The minimum absolute atomic E-state index is 0.133. The van der Waals surface area contributed by atoms with Crippen LogP contribution in [0.25, 0.3) is 0 Å². The zero-order chi connectivity index (χ0) is 26.9. The number of unbranched alkanes of at least 4 members (excludes halogenated alkanes) is 8.